The van der Waals surface area contributed by atoms with E-state index < -0.39 is 17.5 Å². The van der Waals surface area contributed by atoms with E-state index in [0.29, 0.717) is 6.61 Å². The van der Waals surface area contributed by atoms with Crippen LogP contribution < -0.4 is 5.73 Å². The Morgan fingerprint density at radius 2 is 1.81 bits per heavy atom. The van der Waals surface area contributed by atoms with Crippen molar-refractivity contribution in [3.05, 3.63) is 12.2 Å². The summed E-state index contributed by atoms with van der Waals surface area (Å²) in [5.74, 6) is -0.925. The maximum Gasteiger partial charge on any atom is 0.330 e. The van der Waals surface area contributed by atoms with Crippen LogP contribution in [0, 0.1) is 0 Å². The molecule has 1 atom stereocenters. The molecule has 0 aliphatic heterocycles. The Labute approximate surface area is 95.6 Å². The molecule has 0 rings (SSSR count). The van der Waals surface area contributed by atoms with Crippen LogP contribution in [0.2, 0.25) is 0 Å². The van der Waals surface area contributed by atoms with Gasteiger partial charge in [-0.3, -0.25) is 4.79 Å². The maximum atomic E-state index is 11.4. The number of esters is 2. The van der Waals surface area contributed by atoms with Crippen molar-refractivity contribution in [3.63, 3.8) is 0 Å². The van der Waals surface area contributed by atoms with E-state index in [1.165, 1.54) is 12.2 Å². The van der Waals surface area contributed by atoms with Gasteiger partial charge in [0.2, 0.25) is 0 Å². The number of nitrogens with two attached hydrogens (primary N) is 1. The Morgan fingerprint density at radius 3 is 2.31 bits per heavy atom. The van der Waals surface area contributed by atoms with Crippen molar-refractivity contribution in [2.75, 3.05) is 13.2 Å². The molecule has 0 fully saturated rings. The average Bonchev–Trinajstić information content (AvgIpc) is 2.18. The van der Waals surface area contributed by atoms with Crippen LogP contribution >= 0.6 is 0 Å². The number of rotatable bonds is 6. The van der Waals surface area contributed by atoms with E-state index in [-0.39, 0.29) is 13.0 Å². The molecule has 0 spiro atoms. The normalized spacial score (nSPS) is 14.5. The Bertz CT molecular complexity index is 271. The topological polar surface area (TPSA) is 78.6 Å². The van der Waals surface area contributed by atoms with Crippen LogP contribution in [0.15, 0.2) is 12.2 Å². The van der Waals surface area contributed by atoms with Gasteiger partial charge in [-0.15, -0.1) is 0 Å². The van der Waals surface area contributed by atoms with Crippen LogP contribution in [0.1, 0.15) is 27.2 Å². The molecule has 0 aromatic rings. The third-order valence-electron chi connectivity index (χ3n) is 1.82. The number of hydrogen-bond donors (Lipinski definition) is 1. The van der Waals surface area contributed by atoms with Gasteiger partial charge in [0, 0.05) is 6.08 Å². The number of carbonyl (C=O) groups excluding carboxylic acids is 2. The van der Waals surface area contributed by atoms with Crippen molar-refractivity contribution in [2.24, 2.45) is 5.73 Å². The van der Waals surface area contributed by atoms with Crippen molar-refractivity contribution in [2.45, 2.75) is 32.7 Å². The molecule has 0 saturated carbocycles. The lowest BCUT2D eigenvalue weighted by Crippen LogP contribution is -2.45. The second-order valence-electron chi connectivity index (χ2n) is 3.50. The highest BCUT2D eigenvalue weighted by atomic mass is 16.5. The number of ether oxygens (including phenoxy) is 2. The van der Waals surface area contributed by atoms with E-state index in [1.54, 1.807) is 20.8 Å². The minimum atomic E-state index is -1.11. The van der Waals surface area contributed by atoms with Crippen molar-refractivity contribution in [1.29, 1.82) is 0 Å². The summed E-state index contributed by atoms with van der Waals surface area (Å²) in [7, 11) is 0. The van der Waals surface area contributed by atoms with Gasteiger partial charge in [-0.2, -0.15) is 0 Å². The molecular weight excluding hydrogens is 210 g/mol. The number of hydrogen-bond acceptors (Lipinski definition) is 5. The zero-order chi connectivity index (χ0) is 12.6. The highest BCUT2D eigenvalue weighted by molar-refractivity contribution is 5.83. The van der Waals surface area contributed by atoms with Gasteiger partial charge in [0.25, 0.3) is 0 Å². The molecule has 0 radical (unpaired) electrons. The van der Waals surface area contributed by atoms with Crippen molar-refractivity contribution in [1.82, 2.24) is 0 Å². The van der Waals surface area contributed by atoms with E-state index in [4.69, 9.17) is 10.5 Å². The van der Waals surface area contributed by atoms with E-state index in [0.717, 1.165) is 0 Å². The van der Waals surface area contributed by atoms with Crippen molar-refractivity contribution >= 4 is 11.9 Å². The average molecular weight is 229 g/mol. The Kier molecular flexibility index (Phi) is 6.41. The summed E-state index contributed by atoms with van der Waals surface area (Å²) in [4.78, 5) is 22.3. The first kappa shape index (κ1) is 14.6. The van der Waals surface area contributed by atoms with Gasteiger partial charge >= 0.3 is 11.9 Å². The van der Waals surface area contributed by atoms with Gasteiger partial charge in [0.15, 0.2) is 0 Å². The zero-order valence-corrected chi connectivity index (χ0v) is 9.99. The minimum absolute atomic E-state index is 0.227. The van der Waals surface area contributed by atoms with E-state index >= 15 is 0 Å². The van der Waals surface area contributed by atoms with Gasteiger partial charge in [0.05, 0.1) is 13.2 Å². The van der Waals surface area contributed by atoms with Crippen molar-refractivity contribution in [3.8, 4) is 0 Å². The standard InChI is InChI=1S/C11H19NO4/c1-4-15-9(13)7-6-8-11(3,12)10(14)16-5-2/h6-7H,4-5,8,12H2,1-3H3/b7-6+. The molecular formula is C11H19NO4. The van der Waals surface area contributed by atoms with E-state index in [2.05, 4.69) is 4.74 Å². The van der Waals surface area contributed by atoms with E-state index in [9.17, 15) is 9.59 Å². The van der Waals surface area contributed by atoms with Crippen LogP contribution in [-0.4, -0.2) is 30.7 Å². The quantitative estimate of drug-likeness (QED) is 0.537. The summed E-state index contributed by atoms with van der Waals surface area (Å²) < 4.78 is 9.48. The monoisotopic (exact) mass is 229 g/mol. The van der Waals surface area contributed by atoms with Gasteiger partial charge in [0.1, 0.15) is 5.54 Å². The third kappa shape index (κ3) is 5.50. The van der Waals surface area contributed by atoms with E-state index in [1.807, 2.05) is 0 Å². The summed E-state index contributed by atoms with van der Waals surface area (Å²) in [6.45, 7) is 5.59. The zero-order valence-electron chi connectivity index (χ0n) is 9.99. The highest BCUT2D eigenvalue weighted by Gasteiger charge is 2.28. The summed E-state index contributed by atoms with van der Waals surface area (Å²) in [6, 6.07) is 0. The van der Waals surface area contributed by atoms with Gasteiger partial charge in [-0.25, -0.2) is 4.79 Å². The third-order valence-corrected chi connectivity index (χ3v) is 1.82. The second kappa shape index (κ2) is 7.00. The molecule has 0 saturated heterocycles. The van der Waals surface area contributed by atoms with Crippen molar-refractivity contribution < 1.29 is 19.1 Å². The highest BCUT2D eigenvalue weighted by Crippen LogP contribution is 2.09. The van der Waals surface area contributed by atoms with Crippen LogP contribution in [-0.2, 0) is 19.1 Å². The molecule has 16 heavy (non-hydrogen) atoms. The van der Waals surface area contributed by atoms with Gasteiger partial charge < -0.3 is 15.2 Å². The fourth-order valence-electron chi connectivity index (χ4n) is 0.970. The predicted molar refractivity (Wildman–Crippen MR) is 59.6 cm³/mol. The first-order chi connectivity index (χ1) is 7.44. The lowest BCUT2D eigenvalue weighted by atomic mass is 9.99. The smallest absolute Gasteiger partial charge is 0.330 e. The molecule has 0 aromatic heterocycles. The number of carbonyl (C=O) groups is 2. The first-order valence-corrected chi connectivity index (χ1v) is 5.23. The van der Waals surface area contributed by atoms with Gasteiger partial charge in [-0.05, 0) is 27.2 Å². The lowest BCUT2D eigenvalue weighted by molar-refractivity contribution is -0.149. The molecule has 0 amide bonds. The molecule has 1 unspecified atom stereocenters. The molecule has 0 bridgehead atoms. The van der Waals surface area contributed by atoms with Crippen LogP contribution in [0.4, 0.5) is 0 Å². The Balaban J connectivity index is 4.17. The lowest BCUT2D eigenvalue weighted by Gasteiger charge is -2.20. The van der Waals surface area contributed by atoms with Crippen LogP contribution in [0.5, 0.6) is 0 Å². The molecule has 5 nitrogen and oxygen atoms in total. The predicted octanol–water partition coefficient (Wildman–Crippen LogP) is 0.776. The molecule has 0 aliphatic rings. The summed E-state index contributed by atoms with van der Waals surface area (Å²) in [6.07, 6.45) is 2.99. The molecule has 0 aromatic carbocycles. The molecule has 0 aliphatic carbocycles. The summed E-state index contributed by atoms with van der Waals surface area (Å²) >= 11 is 0. The summed E-state index contributed by atoms with van der Waals surface area (Å²) in [5.41, 5.74) is 4.62. The second-order valence-corrected chi connectivity index (χ2v) is 3.50. The summed E-state index contributed by atoms with van der Waals surface area (Å²) in [5, 5.41) is 0. The largest absolute Gasteiger partial charge is 0.465 e. The Morgan fingerprint density at radius 1 is 1.25 bits per heavy atom. The Hall–Kier alpha value is -1.36. The first-order valence-electron chi connectivity index (χ1n) is 5.23. The van der Waals surface area contributed by atoms with Gasteiger partial charge in [-0.1, -0.05) is 6.08 Å². The van der Waals surface area contributed by atoms with Crippen LogP contribution in [0.3, 0.4) is 0 Å². The maximum absolute atomic E-state index is 11.4. The van der Waals surface area contributed by atoms with Crippen LogP contribution in [0.25, 0.3) is 0 Å². The molecule has 2 N–H and O–H groups in total. The fourth-order valence-corrected chi connectivity index (χ4v) is 0.970. The minimum Gasteiger partial charge on any atom is -0.465 e. The fraction of sp³-hybridized carbons (Fsp3) is 0.636. The molecule has 5 heteroatoms. The molecule has 0 heterocycles. The molecule has 92 valence electrons. The SMILES string of the molecule is CCOC(=O)/C=C/CC(C)(N)C(=O)OCC.